The summed E-state index contributed by atoms with van der Waals surface area (Å²) in [5.74, 6) is -0.188. The highest BCUT2D eigenvalue weighted by Gasteiger charge is 2.20. The predicted octanol–water partition coefficient (Wildman–Crippen LogP) is 0.317. The third-order valence-electron chi connectivity index (χ3n) is 3.36. The van der Waals surface area contributed by atoms with Crippen LogP contribution in [-0.2, 0) is 14.1 Å². The maximum absolute atomic E-state index is 12.3. The summed E-state index contributed by atoms with van der Waals surface area (Å²) in [6.45, 7) is 2.41. The first-order chi connectivity index (χ1) is 10.9. The topological polar surface area (TPSA) is 108 Å². The fraction of sp³-hybridized carbons (Fsp3) is 0.267. The Balaban J connectivity index is 2.35. The van der Waals surface area contributed by atoms with Crippen LogP contribution in [0.25, 0.3) is 0 Å². The van der Waals surface area contributed by atoms with Crippen molar-refractivity contribution in [1.82, 2.24) is 9.13 Å². The number of hydrogen-bond acceptors (Lipinski definition) is 5. The van der Waals surface area contributed by atoms with Crippen LogP contribution in [0, 0.1) is 0 Å². The Bertz CT molecular complexity index is 850. The van der Waals surface area contributed by atoms with Crippen molar-refractivity contribution in [3.05, 3.63) is 50.7 Å². The third kappa shape index (κ3) is 3.10. The highest BCUT2D eigenvalue weighted by molar-refractivity contribution is 6.06. The molecule has 0 aliphatic rings. The molecule has 122 valence electrons. The van der Waals surface area contributed by atoms with E-state index in [1.54, 1.807) is 24.3 Å². The number of anilines is 2. The average molecular weight is 318 g/mol. The molecular formula is C15H18N4O4. The van der Waals surface area contributed by atoms with E-state index in [1.165, 1.54) is 14.1 Å². The molecule has 0 fully saturated rings. The average Bonchev–Trinajstić information content (AvgIpc) is 2.53. The number of rotatable bonds is 4. The van der Waals surface area contributed by atoms with Gasteiger partial charge < -0.3 is 15.8 Å². The molecule has 0 bridgehead atoms. The van der Waals surface area contributed by atoms with Crippen LogP contribution in [-0.4, -0.2) is 21.6 Å². The first kappa shape index (κ1) is 16.3. The van der Waals surface area contributed by atoms with Gasteiger partial charge in [0.05, 0.1) is 6.61 Å². The number of ether oxygens (including phenoxy) is 1. The smallest absolute Gasteiger partial charge is 0.332 e. The summed E-state index contributed by atoms with van der Waals surface area (Å²) in [6, 6.07) is 6.68. The van der Waals surface area contributed by atoms with Crippen molar-refractivity contribution in [2.45, 2.75) is 6.92 Å². The molecule has 0 atom stereocenters. The second kappa shape index (κ2) is 6.39. The lowest BCUT2D eigenvalue weighted by atomic mass is 10.2. The molecule has 3 N–H and O–H groups in total. The minimum atomic E-state index is -0.742. The zero-order valence-electron chi connectivity index (χ0n) is 13.1. The van der Waals surface area contributed by atoms with Crippen LogP contribution in [0.4, 0.5) is 11.5 Å². The Morgan fingerprint density at radius 2 is 1.78 bits per heavy atom. The highest BCUT2D eigenvalue weighted by atomic mass is 16.5. The molecule has 0 saturated heterocycles. The van der Waals surface area contributed by atoms with Gasteiger partial charge in [0.1, 0.15) is 17.1 Å². The summed E-state index contributed by atoms with van der Waals surface area (Å²) < 4.78 is 7.20. The van der Waals surface area contributed by atoms with Crippen LogP contribution >= 0.6 is 0 Å². The zero-order chi connectivity index (χ0) is 17.1. The molecule has 8 heteroatoms. The van der Waals surface area contributed by atoms with E-state index in [4.69, 9.17) is 10.5 Å². The normalized spacial score (nSPS) is 10.4. The molecule has 0 spiro atoms. The monoisotopic (exact) mass is 318 g/mol. The summed E-state index contributed by atoms with van der Waals surface area (Å²) in [4.78, 5) is 36.2. The zero-order valence-corrected chi connectivity index (χ0v) is 13.1. The Hall–Kier alpha value is -3.03. The van der Waals surface area contributed by atoms with Gasteiger partial charge in [0.25, 0.3) is 11.5 Å². The van der Waals surface area contributed by atoms with Crippen LogP contribution in [0.1, 0.15) is 17.3 Å². The van der Waals surface area contributed by atoms with Crippen LogP contribution in [0.3, 0.4) is 0 Å². The van der Waals surface area contributed by atoms with Crippen molar-refractivity contribution in [2.24, 2.45) is 14.1 Å². The summed E-state index contributed by atoms with van der Waals surface area (Å²) in [5, 5.41) is 2.58. The molecular weight excluding hydrogens is 300 g/mol. The first-order valence-corrected chi connectivity index (χ1v) is 6.96. The van der Waals surface area contributed by atoms with Crippen LogP contribution in [0.15, 0.2) is 33.9 Å². The third-order valence-corrected chi connectivity index (χ3v) is 3.36. The van der Waals surface area contributed by atoms with Gasteiger partial charge in [-0.05, 0) is 31.2 Å². The standard InChI is InChI=1S/C15H18N4O4/c1-4-23-10-7-5-9(6-8-10)17-13(20)11-12(16)18(2)15(22)19(3)14(11)21/h5-8H,4,16H2,1-3H3,(H,17,20). The Morgan fingerprint density at radius 1 is 1.17 bits per heavy atom. The van der Waals surface area contributed by atoms with E-state index in [0.29, 0.717) is 18.0 Å². The number of nitrogens with zero attached hydrogens (tertiary/aromatic N) is 2. The van der Waals surface area contributed by atoms with Crippen molar-refractivity contribution in [1.29, 1.82) is 0 Å². The fourth-order valence-electron chi connectivity index (χ4n) is 2.07. The Morgan fingerprint density at radius 3 is 2.35 bits per heavy atom. The predicted molar refractivity (Wildman–Crippen MR) is 86.9 cm³/mol. The lowest BCUT2D eigenvalue weighted by Crippen LogP contribution is -2.42. The molecule has 2 rings (SSSR count). The van der Waals surface area contributed by atoms with Crippen LogP contribution in [0.5, 0.6) is 5.75 Å². The van der Waals surface area contributed by atoms with Crippen molar-refractivity contribution in [3.8, 4) is 5.75 Å². The largest absolute Gasteiger partial charge is 0.494 e. The van der Waals surface area contributed by atoms with Gasteiger partial charge in [0.15, 0.2) is 0 Å². The van der Waals surface area contributed by atoms with Gasteiger partial charge in [-0.25, -0.2) is 4.79 Å². The Labute approximate surface area is 132 Å². The number of aromatic nitrogens is 2. The molecule has 2 aromatic rings. The molecule has 0 aliphatic carbocycles. The number of nitrogen functional groups attached to an aromatic ring is 1. The number of carbonyl (C=O) groups excluding carboxylic acids is 1. The summed E-state index contributed by atoms with van der Waals surface area (Å²) >= 11 is 0. The van der Waals surface area contributed by atoms with Crippen molar-refractivity contribution in [3.63, 3.8) is 0 Å². The number of hydrogen-bond donors (Lipinski definition) is 2. The number of benzene rings is 1. The van der Waals surface area contributed by atoms with E-state index in [2.05, 4.69) is 5.32 Å². The van der Waals surface area contributed by atoms with Gasteiger partial charge in [-0.3, -0.25) is 18.7 Å². The lowest BCUT2D eigenvalue weighted by molar-refractivity contribution is 0.102. The molecule has 1 heterocycles. The molecule has 8 nitrogen and oxygen atoms in total. The SMILES string of the molecule is CCOc1ccc(NC(=O)c2c(N)n(C)c(=O)n(C)c2=O)cc1. The maximum Gasteiger partial charge on any atom is 0.332 e. The number of nitrogens with one attached hydrogen (secondary N) is 1. The number of carbonyl (C=O) groups is 1. The van der Waals surface area contributed by atoms with Crippen LogP contribution < -0.4 is 27.0 Å². The minimum absolute atomic E-state index is 0.179. The quantitative estimate of drug-likeness (QED) is 0.844. The fourth-order valence-corrected chi connectivity index (χ4v) is 2.07. The van der Waals surface area contributed by atoms with Gasteiger partial charge >= 0.3 is 5.69 Å². The van der Waals surface area contributed by atoms with Gasteiger partial charge in [0, 0.05) is 19.8 Å². The van der Waals surface area contributed by atoms with Crippen molar-refractivity contribution >= 4 is 17.4 Å². The maximum atomic E-state index is 12.3. The van der Waals surface area contributed by atoms with Gasteiger partial charge in [0.2, 0.25) is 0 Å². The summed E-state index contributed by atoms with van der Waals surface area (Å²) in [6.07, 6.45) is 0. The first-order valence-electron chi connectivity index (χ1n) is 6.96. The molecule has 1 aromatic carbocycles. The Kier molecular flexibility index (Phi) is 4.54. The van der Waals surface area contributed by atoms with Gasteiger partial charge in [-0.2, -0.15) is 0 Å². The second-order valence-corrected chi connectivity index (χ2v) is 4.88. The second-order valence-electron chi connectivity index (χ2n) is 4.88. The van der Waals surface area contributed by atoms with E-state index in [1.807, 2.05) is 6.92 Å². The molecule has 1 aromatic heterocycles. The van der Waals surface area contributed by atoms with E-state index < -0.39 is 17.2 Å². The number of nitrogens with two attached hydrogens (primary N) is 1. The van der Waals surface area contributed by atoms with Crippen molar-refractivity contribution in [2.75, 3.05) is 17.7 Å². The molecule has 0 saturated carbocycles. The van der Waals surface area contributed by atoms with Crippen LogP contribution in [0.2, 0.25) is 0 Å². The van der Waals surface area contributed by atoms with Crippen molar-refractivity contribution < 1.29 is 9.53 Å². The molecule has 23 heavy (non-hydrogen) atoms. The van der Waals surface area contributed by atoms with E-state index in [9.17, 15) is 14.4 Å². The molecule has 0 unspecified atom stereocenters. The van der Waals surface area contributed by atoms with E-state index in [-0.39, 0.29) is 11.4 Å². The molecule has 0 radical (unpaired) electrons. The molecule has 0 aliphatic heterocycles. The highest BCUT2D eigenvalue weighted by Crippen LogP contribution is 2.16. The van der Waals surface area contributed by atoms with Gasteiger partial charge in [-0.1, -0.05) is 0 Å². The van der Waals surface area contributed by atoms with E-state index in [0.717, 1.165) is 9.13 Å². The lowest BCUT2D eigenvalue weighted by Gasteiger charge is -2.12. The van der Waals surface area contributed by atoms with Gasteiger partial charge in [-0.15, -0.1) is 0 Å². The molecule has 1 amide bonds. The van der Waals surface area contributed by atoms with E-state index >= 15 is 0 Å². The summed E-state index contributed by atoms with van der Waals surface area (Å²) in [5.41, 5.74) is 4.61. The number of amides is 1. The summed E-state index contributed by atoms with van der Waals surface area (Å²) in [7, 11) is 2.68. The minimum Gasteiger partial charge on any atom is -0.494 e.